The van der Waals surface area contributed by atoms with Crippen molar-refractivity contribution in [2.45, 2.75) is 33.4 Å². The summed E-state index contributed by atoms with van der Waals surface area (Å²) in [4.78, 5) is 20.1. The number of carbonyl (C=O) groups excluding carboxylic acids is 1. The van der Waals surface area contributed by atoms with E-state index in [4.69, 9.17) is 9.92 Å². The van der Waals surface area contributed by atoms with Crippen molar-refractivity contribution in [3.8, 4) is 5.75 Å². The van der Waals surface area contributed by atoms with Crippen LogP contribution in [0.3, 0.4) is 0 Å². The van der Waals surface area contributed by atoms with E-state index in [-0.39, 0.29) is 41.6 Å². The Hall–Kier alpha value is -2.92. The van der Waals surface area contributed by atoms with Gasteiger partial charge in [0.25, 0.3) is 5.91 Å². The summed E-state index contributed by atoms with van der Waals surface area (Å²) >= 11 is 0. The van der Waals surface area contributed by atoms with Crippen LogP contribution in [0.5, 0.6) is 5.75 Å². The third kappa shape index (κ3) is 6.57. The second-order valence-corrected chi connectivity index (χ2v) is 8.51. The normalized spacial score (nSPS) is 12.5. The van der Waals surface area contributed by atoms with Gasteiger partial charge in [0, 0.05) is 24.0 Å². The zero-order valence-electron chi connectivity index (χ0n) is 16.6. The molecule has 1 aromatic carbocycles. The van der Waals surface area contributed by atoms with E-state index in [1.165, 1.54) is 18.3 Å². The molecule has 2 rings (SSSR count). The van der Waals surface area contributed by atoms with Gasteiger partial charge in [-0.15, -0.1) is 0 Å². The summed E-state index contributed by atoms with van der Waals surface area (Å²) in [5.74, 6) is 0.0678. The molecule has 0 fully saturated rings. The van der Waals surface area contributed by atoms with Crippen LogP contribution in [-0.2, 0) is 16.7 Å². The molecule has 0 aliphatic rings. The third-order valence-corrected chi connectivity index (χ3v) is 4.57. The van der Waals surface area contributed by atoms with Gasteiger partial charge in [0.2, 0.25) is 5.95 Å². The molecule has 0 aliphatic carbocycles. The van der Waals surface area contributed by atoms with Crippen LogP contribution in [0.4, 0.5) is 17.5 Å². The lowest BCUT2D eigenvalue weighted by molar-refractivity contribution is 0.100. The number of aliphatic hydroxyl groups excluding tert-OH is 1. The maximum atomic E-state index is 11.7. The van der Waals surface area contributed by atoms with E-state index in [1.54, 1.807) is 6.07 Å². The minimum atomic E-state index is -3.74. The van der Waals surface area contributed by atoms with E-state index in [2.05, 4.69) is 20.6 Å². The average Bonchev–Trinajstić information content (AvgIpc) is 2.59. The number of hydrogen-bond donors (Lipinski definition) is 4. The SMILES string of the molecule is CC(C)C(C)Nc1nc(Nc2cc(CO)cc(OS(C)(=O)=O)c2)ncc1C(N)=O. The van der Waals surface area contributed by atoms with Gasteiger partial charge in [-0.3, -0.25) is 4.79 Å². The quantitative estimate of drug-likeness (QED) is 0.440. The van der Waals surface area contributed by atoms with E-state index >= 15 is 0 Å². The largest absolute Gasteiger partial charge is 0.392 e. The van der Waals surface area contributed by atoms with Crippen molar-refractivity contribution in [2.24, 2.45) is 11.7 Å². The first-order chi connectivity index (χ1) is 13.5. The van der Waals surface area contributed by atoms with Crippen LogP contribution in [0.2, 0.25) is 0 Å². The van der Waals surface area contributed by atoms with Crippen molar-refractivity contribution in [1.82, 2.24) is 9.97 Å². The average molecular weight is 423 g/mol. The number of nitrogens with two attached hydrogens (primary N) is 1. The van der Waals surface area contributed by atoms with Crippen LogP contribution < -0.4 is 20.6 Å². The molecule has 1 amide bonds. The van der Waals surface area contributed by atoms with Crippen molar-refractivity contribution in [2.75, 3.05) is 16.9 Å². The van der Waals surface area contributed by atoms with Gasteiger partial charge in [-0.1, -0.05) is 13.8 Å². The van der Waals surface area contributed by atoms with Crippen LogP contribution >= 0.6 is 0 Å². The predicted octanol–water partition coefficient (Wildman–Crippen LogP) is 1.61. The highest BCUT2D eigenvalue weighted by Crippen LogP contribution is 2.25. The Morgan fingerprint density at radius 3 is 2.52 bits per heavy atom. The number of aliphatic hydroxyl groups is 1. The van der Waals surface area contributed by atoms with Gasteiger partial charge in [-0.25, -0.2) is 4.98 Å². The van der Waals surface area contributed by atoms with Gasteiger partial charge in [0.15, 0.2) is 0 Å². The Morgan fingerprint density at radius 2 is 1.97 bits per heavy atom. The van der Waals surface area contributed by atoms with Crippen LogP contribution in [0.1, 0.15) is 36.7 Å². The molecule has 0 bridgehead atoms. The lowest BCUT2D eigenvalue weighted by atomic mass is 10.1. The fraction of sp³-hybridized carbons (Fsp3) is 0.389. The number of rotatable bonds is 9. The van der Waals surface area contributed by atoms with E-state index in [9.17, 15) is 18.3 Å². The second-order valence-electron chi connectivity index (χ2n) is 6.93. The number of nitrogens with one attached hydrogen (secondary N) is 2. The summed E-state index contributed by atoms with van der Waals surface area (Å²) in [7, 11) is -3.74. The maximum absolute atomic E-state index is 11.7. The first-order valence-corrected chi connectivity index (χ1v) is 10.6. The summed E-state index contributed by atoms with van der Waals surface area (Å²) in [6.45, 7) is 5.66. The molecular weight excluding hydrogens is 398 g/mol. The number of nitrogens with zero attached hydrogens (tertiary/aromatic N) is 2. The van der Waals surface area contributed by atoms with Gasteiger partial charge in [0.1, 0.15) is 11.6 Å². The van der Waals surface area contributed by atoms with E-state index < -0.39 is 16.0 Å². The van der Waals surface area contributed by atoms with E-state index in [0.717, 1.165) is 6.26 Å². The predicted molar refractivity (Wildman–Crippen MR) is 110 cm³/mol. The van der Waals surface area contributed by atoms with Gasteiger partial charge in [0.05, 0.1) is 18.4 Å². The fourth-order valence-corrected chi connectivity index (χ4v) is 2.74. The minimum Gasteiger partial charge on any atom is -0.392 e. The van der Waals surface area contributed by atoms with Crippen molar-refractivity contribution < 1.29 is 22.5 Å². The number of carbonyl (C=O) groups is 1. The molecule has 5 N–H and O–H groups in total. The summed E-state index contributed by atoms with van der Waals surface area (Å²) in [6.07, 6.45) is 2.22. The zero-order chi connectivity index (χ0) is 21.8. The maximum Gasteiger partial charge on any atom is 0.306 e. The highest BCUT2D eigenvalue weighted by Gasteiger charge is 2.16. The number of amides is 1. The summed E-state index contributed by atoms with van der Waals surface area (Å²) < 4.78 is 27.7. The molecule has 2 aromatic rings. The summed E-state index contributed by atoms with van der Waals surface area (Å²) in [5, 5.41) is 15.5. The second kappa shape index (κ2) is 9.05. The van der Waals surface area contributed by atoms with Gasteiger partial charge >= 0.3 is 10.1 Å². The standard InChI is InChI=1S/C18H25N5O5S/c1-10(2)11(3)21-17-15(16(19)25)8-20-18(23-17)22-13-5-12(9-24)6-14(7-13)28-29(4,26)27/h5-8,10-11,24H,9H2,1-4H3,(H2,19,25)(H2,20,21,22,23). The zero-order valence-corrected chi connectivity index (χ0v) is 17.4. The Bertz CT molecular complexity index is 994. The van der Waals surface area contributed by atoms with Crippen molar-refractivity contribution >= 4 is 33.5 Å². The van der Waals surface area contributed by atoms with Crippen molar-refractivity contribution in [1.29, 1.82) is 0 Å². The number of hydrogen-bond acceptors (Lipinski definition) is 9. The van der Waals surface area contributed by atoms with Gasteiger partial charge in [-0.05, 0) is 30.5 Å². The fourth-order valence-electron chi connectivity index (χ4n) is 2.29. The van der Waals surface area contributed by atoms with E-state index in [1.807, 2.05) is 20.8 Å². The highest BCUT2D eigenvalue weighted by molar-refractivity contribution is 7.86. The summed E-state index contributed by atoms with van der Waals surface area (Å²) in [5.41, 5.74) is 6.37. The summed E-state index contributed by atoms with van der Waals surface area (Å²) in [6, 6.07) is 4.43. The van der Waals surface area contributed by atoms with E-state index in [0.29, 0.717) is 11.3 Å². The molecule has 1 atom stereocenters. The molecule has 0 saturated carbocycles. The Balaban J connectivity index is 2.38. The topological polar surface area (TPSA) is 157 Å². The third-order valence-electron chi connectivity index (χ3n) is 4.07. The number of aromatic nitrogens is 2. The molecule has 1 heterocycles. The smallest absolute Gasteiger partial charge is 0.306 e. The molecule has 10 nitrogen and oxygen atoms in total. The molecule has 158 valence electrons. The molecule has 1 unspecified atom stereocenters. The number of anilines is 3. The molecule has 1 aromatic heterocycles. The molecule has 11 heteroatoms. The molecular formula is C18H25N5O5S. The van der Waals surface area contributed by atoms with Crippen LogP contribution in [0.25, 0.3) is 0 Å². The first kappa shape index (κ1) is 22.4. The van der Waals surface area contributed by atoms with Crippen molar-refractivity contribution in [3.63, 3.8) is 0 Å². The lowest BCUT2D eigenvalue weighted by Crippen LogP contribution is -2.25. The highest BCUT2D eigenvalue weighted by atomic mass is 32.2. The number of primary amides is 1. The number of benzene rings is 1. The van der Waals surface area contributed by atoms with Crippen LogP contribution in [0, 0.1) is 5.92 Å². The van der Waals surface area contributed by atoms with Crippen LogP contribution in [-0.4, -0.2) is 41.7 Å². The Labute approximate surface area is 169 Å². The van der Waals surface area contributed by atoms with Gasteiger partial charge in [-0.2, -0.15) is 13.4 Å². The Morgan fingerprint density at radius 1 is 1.28 bits per heavy atom. The molecule has 0 aliphatic heterocycles. The molecule has 0 saturated heterocycles. The monoisotopic (exact) mass is 423 g/mol. The van der Waals surface area contributed by atoms with Crippen LogP contribution in [0.15, 0.2) is 24.4 Å². The molecule has 0 radical (unpaired) electrons. The van der Waals surface area contributed by atoms with Gasteiger partial charge < -0.3 is 25.7 Å². The lowest BCUT2D eigenvalue weighted by Gasteiger charge is -2.20. The van der Waals surface area contributed by atoms with Crippen molar-refractivity contribution in [3.05, 3.63) is 35.5 Å². The molecule has 29 heavy (non-hydrogen) atoms. The first-order valence-electron chi connectivity index (χ1n) is 8.83. The molecule has 0 spiro atoms. The minimum absolute atomic E-state index is 0.0170. The Kier molecular flexibility index (Phi) is 6.98.